The molecule has 0 saturated carbocycles. The summed E-state index contributed by atoms with van der Waals surface area (Å²) in [6.45, 7) is 4.18. The summed E-state index contributed by atoms with van der Waals surface area (Å²) >= 11 is 0. The molecule has 0 aliphatic carbocycles. The fourth-order valence-electron chi connectivity index (χ4n) is 4.84. The summed E-state index contributed by atoms with van der Waals surface area (Å²) in [6.07, 6.45) is 1.22. The van der Waals surface area contributed by atoms with Crippen molar-refractivity contribution in [1.82, 2.24) is 14.9 Å². The van der Waals surface area contributed by atoms with E-state index in [4.69, 9.17) is 14.2 Å². The number of aromatic amines is 1. The van der Waals surface area contributed by atoms with Gasteiger partial charge in [-0.25, -0.2) is 8.42 Å². The Kier molecular flexibility index (Phi) is 8.10. The Balaban J connectivity index is 1.33. The number of amides is 1. The molecule has 3 heterocycles. The van der Waals surface area contributed by atoms with Crippen molar-refractivity contribution in [2.75, 3.05) is 63.7 Å². The zero-order valence-corrected chi connectivity index (χ0v) is 23.6. The molecular weight excluding hydrogens is 534 g/mol. The van der Waals surface area contributed by atoms with E-state index in [1.165, 1.54) is 21.3 Å². The van der Waals surface area contributed by atoms with Crippen LogP contribution in [0.1, 0.15) is 12.8 Å². The number of nitrogens with zero attached hydrogens (tertiary/aromatic N) is 3. The number of ether oxygens (including phenoxy) is 3. The molecule has 1 aliphatic heterocycles. The minimum absolute atomic E-state index is 0.0383. The lowest BCUT2D eigenvalue weighted by molar-refractivity contribution is -0.116. The minimum Gasteiger partial charge on any atom is -0.481 e. The number of hydrogen-bond acceptors (Lipinski definition) is 8. The smallest absolute Gasteiger partial charge is 0.264 e. The first-order valence-electron chi connectivity index (χ1n) is 13.0. The van der Waals surface area contributed by atoms with Crippen molar-refractivity contribution in [2.45, 2.75) is 17.7 Å². The van der Waals surface area contributed by atoms with Crippen molar-refractivity contribution in [2.24, 2.45) is 0 Å². The first-order chi connectivity index (χ1) is 19.3. The van der Waals surface area contributed by atoms with Crippen molar-refractivity contribution >= 4 is 49.1 Å². The lowest BCUT2D eigenvalue weighted by Crippen LogP contribution is -2.37. The van der Waals surface area contributed by atoms with Crippen molar-refractivity contribution in [1.29, 1.82) is 0 Å². The molecule has 12 heteroatoms. The summed E-state index contributed by atoms with van der Waals surface area (Å²) in [5, 5.41) is 4.58. The van der Waals surface area contributed by atoms with Crippen molar-refractivity contribution in [3.63, 3.8) is 0 Å². The first kappa shape index (κ1) is 27.7. The molecule has 1 amide bonds. The predicted octanol–water partition coefficient (Wildman–Crippen LogP) is 3.61. The van der Waals surface area contributed by atoms with Gasteiger partial charge in [0, 0.05) is 60.1 Å². The van der Waals surface area contributed by atoms with E-state index < -0.39 is 10.0 Å². The molecule has 0 unspecified atom stereocenters. The van der Waals surface area contributed by atoms with Gasteiger partial charge in [0.15, 0.2) is 0 Å². The van der Waals surface area contributed by atoms with E-state index in [1.807, 2.05) is 18.2 Å². The number of benzene rings is 2. The second-order valence-corrected chi connectivity index (χ2v) is 11.5. The lowest BCUT2D eigenvalue weighted by Gasteiger charge is -2.26. The van der Waals surface area contributed by atoms with Gasteiger partial charge in [0.05, 0.1) is 32.3 Å². The number of sulfonamides is 1. The monoisotopic (exact) mass is 567 g/mol. The highest BCUT2D eigenvalue weighted by Gasteiger charge is 2.26. The average Bonchev–Trinajstić information content (AvgIpc) is 3.34. The number of nitrogens with one attached hydrogen (secondary N) is 2. The standard InChI is InChI=1S/C28H33N5O6S/c1-32(25-10-11-27(37-2)31-28(25)38-3)40(35,36)20-7-9-23-22(18-20)21-8-6-19(17-24(21)30-23)29-26(34)5-4-12-33-13-15-39-16-14-33/h6-11,17-18,30H,4-5,12-16H2,1-3H3,(H,29,34). The van der Waals surface area contributed by atoms with Crippen LogP contribution in [0.4, 0.5) is 11.4 Å². The van der Waals surface area contributed by atoms with Gasteiger partial charge >= 0.3 is 0 Å². The van der Waals surface area contributed by atoms with Gasteiger partial charge in [0.2, 0.25) is 17.7 Å². The summed E-state index contributed by atoms with van der Waals surface area (Å²) < 4.78 is 44.1. The number of hydrogen-bond donors (Lipinski definition) is 2. The topological polar surface area (TPSA) is 126 Å². The largest absolute Gasteiger partial charge is 0.481 e. The number of morpholine rings is 1. The lowest BCUT2D eigenvalue weighted by atomic mass is 10.1. The number of fused-ring (bicyclic) bond motifs is 3. The van der Waals surface area contributed by atoms with Gasteiger partial charge in [-0.2, -0.15) is 4.98 Å². The van der Waals surface area contributed by atoms with E-state index >= 15 is 0 Å². The summed E-state index contributed by atoms with van der Waals surface area (Å²) in [5.41, 5.74) is 2.55. The third kappa shape index (κ3) is 5.69. The Morgan fingerprint density at radius 2 is 1.85 bits per heavy atom. The molecule has 0 bridgehead atoms. The molecule has 212 valence electrons. The molecule has 2 aromatic heterocycles. The molecule has 4 aromatic rings. The highest BCUT2D eigenvalue weighted by atomic mass is 32.2. The third-order valence-electron chi connectivity index (χ3n) is 7.05. The quantitative estimate of drug-likeness (QED) is 0.298. The van der Waals surface area contributed by atoms with Gasteiger partial charge in [0.25, 0.3) is 10.0 Å². The van der Waals surface area contributed by atoms with Crippen LogP contribution >= 0.6 is 0 Å². The van der Waals surface area contributed by atoms with Crippen LogP contribution in [0.15, 0.2) is 53.4 Å². The fourth-order valence-corrected chi connectivity index (χ4v) is 6.06. The van der Waals surface area contributed by atoms with Crippen LogP contribution in [0.5, 0.6) is 11.8 Å². The normalized spacial score (nSPS) is 14.4. The Morgan fingerprint density at radius 1 is 1.05 bits per heavy atom. The third-order valence-corrected chi connectivity index (χ3v) is 8.82. The Bertz CT molecular complexity index is 1630. The summed E-state index contributed by atoms with van der Waals surface area (Å²) in [6, 6.07) is 13.7. The van der Waals surface area contributed by atoms with Crippen LogP contribution in [0, 0.1) is 0 Å². The van der Waals surface area contributed by atoms with E-state index in [2.05, 4.69) is 20.2 Å². The van der Waals surface area contributed by atoms with Gasteiger partial charge in [-0.15, -0.1) is 0 Å². The molecule has 2 N–H and O–H groups in total. The number of anilines is 2. The Labute approximate surface area is 233 Å². The van der Waals surface area contributed by atoms with Crippen molar-refractivity contribution in [3.8, 4) is 11.8 Å². The molecule has 1 aliphatic rings. The van der Waals surface area contributed by atoms with Crippen molar-refractivity contribution < 1.29 is 27.4 Å². The van der Waals surface area contributed by atoms with Crippen LogP contribution < -0.4 is 19.1 Å². The van der Waals surface area contributed by atoms with Crippen LogP contribution in [-0.4, -0.2) is 83.3 Å². The number of methoxy groups -OCH3 is 2. The van der Waals surface area contributed by atoms with Gasteiger partial charge < -0.3 is 24.5 Å². The number of carbonyl (C=O) groups excluding carboxylic acids is 1. The number of pyridine rings is 1. The highest BCUT2D eigenvalue weighted by Crippen LogP contribution is 2.34. The van der Waals surface area contributed by atoms with Crippen molar-refractivity contribution in [3.05, 3.63) is 48.5 Å². The first-order valence-corrected chi connectivity index (χ1v) is 14.5. The maximum Gasteiger partial charge on any atom is 0.264 e. The van der Waals surface area contributed by atoms with Gasteiger partial charge in [-0.05, 0) is 49.4 Å². The van der Waals surface area contributed by atoms with E-state index in [-0.39, 0.29) is 22.4 Å². The number of carbonyl (C=O) groups is 1. The molecule has 5 rings (SSSR count). The molecule has 0 spiro atoms. The average molecular weight is 568 g/mol. The number of aromatic nitrogens is 2. The summed E-state index contributed by atoms with van der Waals surface area (Å²) in [7, 11) is 0.421. The number of H-pyrrole nitrogens is 1. The molecule has 11 nitrogen and oxygen atoms in total. The van der Waals surface area contributed by atoms with Crippen LogP contribution in [0.25, 0.3) is 21.8 Å². The van der Waals surface area contributed by atoms with Gasteiger partial charge in [-0.3, -0.25) is 14.0 Å². The SMILES string of the molecule is COc1ccc(N(C)S(=O)(=O)c2ccc3[nH]c4cc(NC(=O)CCCN5CCOCC5)ccc4c3c2)c(OC)n1. The number of rotatable bonds is 10. The Hall–Kier alpha value is -3.87. The molecule has 1 saturated heterocycles. The molecule has 0 atom stereocenters. The second-order valence-electron chi connectivity index (χ2n) is 9.55. The van der Waals surface area contributed by atoms with Gasteiger partial charge in [0.1, 0.15) is 5.69 Å². The molecule has 2 aromatic carbocycles. The summed E-state index contributed by atoms with van der Waals surface area (Å²) in [5.74, 6) is 0.410. The van der Waals surface area contributed by atoms with Crippen LogP contribution in [0.2, 0.25) is 0 Å². The van der Waals surface area contributed by atoms with Gasteiger partial charge in [-0.1, -0.05) is 6.07 Å². The van der Waals surface area contributed by atoms with E-state index in [0.717, 1.165) is 65.4 Å². The van der Waals surface area contributed by atoms with E-state index in [1.54, 1.807) is 30.3 Å². The highest BCUT2D eigenvalue weighted by molar-refractivity contribution is 7.92. The maximum absolute atomic E-state index is 13.6. The van der Waals surface area contributed by atoms with Crippen LogP contribution in [-0.2, 0) is 19.6 Å². The predicted molar refractivity (Wildman–Crippen MR) is 154 cm³/mol. The van der Waals surface area contributed by atoms with E-state index in [9.17, 15) is 13.2 Å². The zero-order chi connectivity index (χ0) is 28.3. The molecule has 40 heavy (non-hydrogen) atoms. The minimum atomic E-state index is -3.93. The molecule has 1 fully saturated rings. The van der Waals surface area contributed by atoms with Crippen LogP contribution in [0.3, 0.4) is 0 Å². The molecule has 0 radical (unpaired) electrons. The zero-order valence-electron chi connectivity index (χ0n) is 22.8. The summed E-state index contributed by atoms with van der Waals surface area (Å²) in [4.78, 5) is 22.5. The second kappa shape index (κ2) is 11.7. The fraction of sp³-hybridized carbons (Fsp3) is 0.357. The molecular formula is C28H33N5O6S. The maximum atomic E-state index is 13.6. The Morgan fingerprint density at radius 3 is 2.60 bits per heavy atom. The van der Waals surface area contributed by atoms with E-state index in [0.29, 0.717) is 18.0 Å².